The Morgan fingerprint density at radius 1 is 1.64 bits per heavy atom. The third-order valence-corrected chi connectivity index (χ3v) is 2.46. The summed E-state index contributed by atoms with van der Waals surface area (Å²) in [4.78, 5) is 13.4. The van der Waals surface area contributed by atoms with Crippen LogP contribution in [0.3, 0.4) is 0 Å². The van der Waals surface area contributed by atoms with Crippen LogP contribution in [0.2, 0.25) is 0 Å². The van der Waals surface area contributed by atoms with Crippen LogP contribution >= 0.6 is 12.2 Å². The summed E-state index contributed by atoms with van der Waals surface area (Å²) in [7, 11) is 0. The van der Waals surface area contributed by atoms with E-state index in [1.165, 1.54) is 0 Å². The summed E-state index contributed by atoms with van der Waals surface area (Å²) in [6, 6.07) is 0. The normalized spacial score (nSPS) is 27.4. The molecule has 5 heteroatoms. The van der Waals surface area contributed by atoms with E-state index in [1.807, 2.05) is 6.92 Å². The van der Waals surface area contributed by atoms with Crippen molar-refractivity contribution in [3.63, 3.8) is 0 Å². The zero-order valence-electron chi connectivity index (χ0n) is 8.27. The predicted molar refractivity (Wildman–Crippen MR) is 57.8 cm³/mol. The highest BCUT2D eigenvalue weighted by molar-refractivity contribution is 7.80. The molecular formula is C9H16N2O2S. The first kappa shape index (κ1) is 11.4. The van der Waals surface area contributed by atoms with Crippen molar-refractivity contribution in [1.29, 1.82) is 0 Å². The van der Waals surface area contributed by atoms with Crippen molar-refractivity contribution in [2.45, 2.75) is 25.9 Å². The summed E-state index contributed by atoms with van der Waals surface area (Å²) in [5.41, 5.74) is 5.29. The van der Waals surface area contributed by atoms with E-state index in [0.29, 0.717) is 19.0 Å². The van der Waals surface area contributed by atoms with Gasteiger partial charge in [0, 0.05) is 13.1 Å². The van der Waals surface area contributed by atoms with Gasteiger partial charge in [0.15, 0.2) is 0 Å². The molecule has 0 aliphatic carbocycles. The van der Waals surface area contributed by atoms with Crippen molar-refractivity contribution in [1.82, 2.24) is 4.90 Å². The smallest absolute Gasteiger partial charge is 0.229 e. The first-order chi connectivity index (χ1) is 6.49. The Bertz CT molecular complexity index is 235. The van der Waals surface area contributed by atoms with E-state index in [0.717, 1.165) is 6.42 Å². The van der Waals surface area contributed by atoms with Gasteiger partial charge in [-0.15, -0.1) is 0 Å². The first-order valence-corrected chi connectivity index (χ1v) is 5.14. The van der Waals surface area contributed by atoms with E-state index in [-0.39, 0.29) is 17.3 Å². The molecule has 1 aliphatic rings. The second kappa shape index (κ2) is 4.70. The molecule has 0 aromatic heterocycles. The number of hydrogen-bond acceptors (Lipinski definition) is 3. The summed E-state index contributed by atoms with van der Waals surface area (Å²) in [5, 5.41) is 9.48. The van der Waals surface area contributed by atoms with Gasteiger partial charge in [-0.05, 0) is 12.3 Å². The number of β-amino-alcohol motifs (C(OH)–C–C–N with tert-alkyl or cyclic N) is 1. The highest BCUT2D eigenvalue weighted by Crippen LogP contribution is 2.16. The zero-order chi connectivity index (χ0) is 10.7. The number of nitrogens with zero attached hydrogens (tertiary/aromatic N) is 1. The number of likely N-dealkylation sites (tertiary alicyclic amines) is 1. The van der Waals surface area contributed by atoms with Crippen LogP contribution in [0, 0.1) is 5.92 Å². The van der Waals surface area contributed by atoms with Crippen LogP contribution in [0.15, 0.2) is 0 Å². The standard InChI is InChI=1S/C9H16N2O2S/c1-6-2-7(12)5-11(4-6)9(13)3-8(10)14/h6-7,12H,2-5H2,1H3,(H2,10,14). The van der Waals surface area contributed by atoms with Gasteiger partial charge in [-0.25, -0.2) is 0 Å². The van der Waals surface area contributed by atoms with Gasteiger partial charge >= 0.3 is 0 Å². The lowest BCUT2D eigenvalue weighted by Gasteiger charge is -2.34. The van der Waals surface area contributed by atoms with Crippen LogP contribution in [-0.2, 0) is 4.79 Å². The molecule has 1 heterocycles. The monoisotopic (exact) mass is 216 g/mol. The van der Waals surface area contributed by atoms with Crippen LogP contribution in [-0.4, -0.2) is 40.1 Å². The Morgan fingerprint density at radius 2 is 2.29 bits per heavy atom. The SMILES string of the molecule is CC1CC(O)CN(C(=O)CC(N)=S)C1. The summed E-state index contributed by atoms with van der Waals surface area (Å²) in [5.74, 6) is 0.261. The van der Waals surface area contributed by atoms with Crippen LogP contribution in [0.5, 0.6) is 0 Å². The van der Waals surface area contributed by atoms with Crippen LogP contribution in [0.1, 0.15) is 19.8 Å². The summed E-state index contributed by atoms with van der Waals surface area (Å²) >= 11 is 4.67. The molecule has 3 N–H and O–H groups in total. The minimum absolute atomic E-state index is 0.0805. The molecule has 80 valence electrons. The Labute approximate surface area is 89.1 Å². The molecule has 0 bridgehead atoms. The molecule has 2 unspecified atom stereocenters. The number of carbonyl (C=O) groups excluding carboxylic acids is 1. The molecule has 1 rings (SSSR count). The van der Waals surface area contributed by atoms with E-state index in [9.17, 15) is 9.90 Å². The van der Waals surface area contributed by atoms with Crippen molar-refractivity contribution >= 4 is 23.1 Å². The number of rotatable bonds is 2. The van der Waals surface area contributed by atoms with Crippen molar-refractivity contribution in [2.75, 3.05) is 13.1 Å². The Hall–Kier alpha value is -0.680. The van der Waals surface area contributed by atoms with Gasteiger partial charge in [0.25, 0.3) is 0 Å². The fourth-order valence-electron chi connectivity index (χ4n) is 1.78. The van der Waals surface area contributed by atoms with Gasteiger partial charge in [0.2, 0.25) is 5.91 Å². The molecule has 1 saturated heterocycles. The highest BCUT2D eigenvalue weighted by atomic mass is 32.1. The van der Waals surface area contributed by atoms with Crippen molar-refractivity contribution in [3.8, 4) is 0 Å². The lowest BCUT2D eigenvalue weighted by atomic mass is 9.98. The minimum atomic E-state index is -0.408. The topological polar surface area (TPSA) is 66.6 Å². The van der Waals surface area contributed by atoms with Gasteiger partial charge in [-0.2, -0.15) is 0 Å². The van der Waals surface area contributed by atoms with Crippen molar-refractivity contribution in [2.24, 2.45) is 11.7 Å². The van der Waals surface area contributed by atoms with E-state index >= 15 is 0 Å². The fourth-order valence-corrected chi connectivity index (χ4v) is 1.91. The van der Waals surface area contributed by atoms with Gasteiger partial charge in [0.05, 0.1) is 17.5 Å². The largest absolute Gasteiger partial charge is 0.393 e. The number of carbonyl (C=O) groups is 1. The molecule has 0 aromatic rings. The first-order valence-electron chi connectivity index (χ1n) is 4.73. The maximum atomic E-state index is 11.5. The van der Waals surface area contributed by atoms with Gasteiger partial charge in [-0.1, -0.05) is 19.1 Å². The molecule has 2 atom stereocenters. The van der Waals surface area contributed by atoms with E-state index in [2.05, 4.69) is 12.2 Å². The zero-order valence-corrected chi connectivity index (χ0v) is 9.09. The lowest BCUT2D eigenvalue weighted by molar-refractivity contribution is -0.134. The maximum Gasteiger partial charge on any atom is 0.229 e. The maximum absolute atomic E-state index is 11.5. The number of hydrogen-bond donors (Lipinski definition) is 2. The van der Waals surface area contributed by atoms with Gasteiger partial charge in [0.1, 0.15) is 0 Å². The Kier molecular flexibility index (Phi) is 3.83. The second-order valence-corrected chi connectivity index (χ2v) is 4.46. The molecule has 1 fully saturated rings. The van der Waals surface area contributed by atoms with Crippen molar-refractivity contribution in [3.05, 3.63) is 0 Å². The number of aliphatic hydroxyl groups excluding tert-OH is 1. The molecule has 0 aromatic carbocycles. The molecule has 0 saturated carbocycles. The number of nitrogens with two attached hydrogens (primary N) is 1. The molecular weight excluding hydrogens is 200 g/mol. The number of thiocarbonyl (C=S) groups is 1. The number of piperidine rings is 1. The van der Waals surface area contributed by atoms with Crippen LogP contribution in [0.4, 0.5) is 0 Å². The average molecular weight is 216 g/mol. The fraction of sp³-hybridized carbons (Fsp3) is 0.778. The summed E-state index contributed by atoms with van der Waals surface area (Å²) < 4.78 is 0. The second-order valence-electron chi connectivity index (χ2n) is 3.94. The van der Waals surface area contributed by atoms with E-state index < -0.39 is 6.10 Å². The Balaban J connectivity index is 2.50. The molecule has 0 radical (unpaired) electrons. The summed E-state index contributed by atoms with van der Waals surface area (Å²) in [6.45, 7) is 3.12. The predicted octanol–water partition coefficient (Wildman–Crippen LogP) is -0.108. The van der Waals surface area contributed by atoms with E-state index in [4.69, 9.17) is 5.73 Å². The third kappa shape index (κ3) is 3.23. The van der Waals surface area contributed by atoms with E-state index in [1.54, 1.807) is 4.90 Å². The average Bonchev–Trinajstić information content (AvgIpc) is 2.00. The lowest BCUT2D eigenvalue weighted by Crippen LogP contribution is -2.46. The van der Waals surface area contributed by atoms with Gasteiger partial charge in [-0.3, -0.25) is 4.79 Å². The molecule has 4 nitrogen and oxygen atoms in total. The van der Waals surface area contributed by atoms with Gasteiger partial charge < -0.3 is 15.7 Å². The summed E-state index contributed by atoms with van der Waals surface area (Å²) in [6.07, 6.45) is 0.458. The highest BCUT2D eigenvalue weighted by Gasteiger charge is 2.26. The minimum Gasteiger partial charge on any atom is -0.393 e. The molecule has 1 aliphatic heterocycles. The number of aliphatic hydroxyl groups is 1. The van der Waals surface area contributed by atoms with Crippen molar-refractivity contribution < 1.29 is 9.90 Å². The molecule has 1 amide bonds. The molecule has 0 spiro atoms. The van der Waals surface area contributed by atoms with Crippen LogP contribution in [0.25, 0.3) is 0 Å². The number of amides is 1. The Morgan fingerprint density at radius 3 is 2.79 bits per heavy atom. The molecule has 14 heavy (non-hydrogen) atoms. The quantitative estimate of drug-likeness (QED) is 0.632. The third-order valence-electron chi connectivity index (χ3n) is 2.32. The van der Waals surface area contributed by atoms with Crippen LogP contribution < -0.4 is 5.73 Å².